The average Bonchev–Trinajstić information content (AvgIpc) is 3.77. The second kappa shape index (κ2) is 11.1. The summed E-state index contributed by atoms with van der Waals surface area (Å²) in [5.74, 6) is 2.05. The molecule has 5 heterocycles. The minimum atomic E-state index is -0.556. The monoisotopic (exact) mass is 664 g/mol. The van der Waals surface area contributed by atoms with Crippen LogP contribution >= 0.6 is 30.2 Å². The molecule has 210 valence electrons. The van der Waals surface area contributed by atoms with Crippen LogP contribution in [0.4, 0.5) is 0 Å². The number of nitrogens with zero attached hydrogens (tertiary/aromatic N) is 8. The van der Waals surface area contributed by atoms with E-state index >= 15 is 0 Å². The van der Waals surface area contributed by atoms with E-state index in [-0.39, 0.29) is 0 Å². The van der Waals surface area contributed by atoms with Crippen molar-refractivity contribution in [1.29, 1.82) is 0 Å². The molecule has 0 amide bonds. The Labute approximate surface area is 271 Å². The third-order valence-electron chi connectivity index (χ3n) is 7.38. The van der Waals surface area contributed by atoms with Gasteiger partial charge in [-0.15, -0.1) is 0 Å². The van der Waals surface area contributed by atoms with Crippen molar-refractivity contribution in [1.82, 2.24) is 39.9 Å². The standard InChI is InChI=1S/C32H15ClN8.2ClH.Ti/c33-16-13-14-23-24(15-16)32-40-30-22-12-6-5-11-21(22)28(38-30)36-26-18-8-2-1-7-17(18)25(34-26)35-27-19-9-3-4-10-20(19)29(37-27)39-31(23)41-32;;;/h1-15H;2*1H;/q-2;;;+2/p-2. The topological polar surface area (TPSA) is 106 Å². The van der Waals surface area contributed by atoms with Gasteiger partial charge in [0.25, 0.3) is 0 Å². The van der Waals surface area contributed by atoms with E-state index in [2.05, 4.69) is 0 Å². The summed E-state index contributed by atoms with van der Waals surface area (Å²) in [4.78, 5) is 39.2. The molecule has 4 aromatic carbocycles. The molecule has 3 aromatic heterocycles. The number of aromatic nitrogens is 8. The van der Waals surface area contributed by atoms with Crippen LogP contribution < -0.4 is 9.97 Å². The van der Waals surface area contributed by atoms with Crippen LogP contribution in [0.5, 0.6) is 0 Å². The Kier molecular flexibility index (Phi) is 6.89. The molecule has 0 radical (unpaired) electrons. The van der Waals surface area contributed by atoms with Gasteiger partial charge in [0, 0.05) is 49.9 Å². The van der Waals surface area contributed by atoms with Crippen LogP contribution in [0.2, 0.25) is 5.02 Å². The number of fused-ring (bicyclic) bond motifs is 20. The first kappa shape index (κ1) is 27.4. The molecule has 0 atom stereocenters. The molecular formula is C32H15Cl3N8Ti-2. The van der Waals surface area contributed by atoms with E-state index in [0.29, 0.717) is 50.9 Å². The van der Waals surface area contributed by atoms with E-state index in [1.807, 2.05) is 91.0 Å². The quantitative estimate of drug-likeness (QED) is 0.150. The predicted octanol–water partition coefficient (Wildman–Crippen LogP) is 8.16. The Morgan fingerprint density at radius 2 is 0.773 bits per heavy atom. The van der Waals surface area contributed by atoms with E-state index < -0.39 is 17.0 Å². The Morgan fingerprint density at radius 3 is 1.18 bits per heavy atom. The molecule has 12 heteroatoms. The summed E-state index contributed by atoms with van der Waals surface area (Å²) in [5, 5.41) is 4.05. The van der Waals surface area contributed by atoms with Crippen molar-refractivity contribution in [3.8, 4) is 45.6 Å². The molecule has 0 spiro atoms. The van der Waals surface area contributed by atoms with Crippen LogP contribution in [0.15, 0.2) is 91.0 Å². The van der Waals surface area contributed by atoms with Crippen LogP contribution in [0.1, 0.15) is 0 Å². The number of hydrogen-bond donors (Lipinski definition) is 0. The normalized spacial score (nSPS) is 11.5. The van der Waals surface area contributed by atoms with Gasteiger partial charge in [0.15, 0.2) is 0 Å². The summed E-state index contributed by atoms with van der Waals surface area (Å²) in [6.45, 7) is 0. The number of benzene rings is 4. The van der Waals surface area contributed by atoms with Crippen molar-refractivity contribution in [3.63, 3.8) is 0 Å². The number of halogens is 3. The summed E-state index contributed by atoms with van der Waals surface area (Å²) in [6, 6.07) is 29.3. The van der Waals surface area contributed by atoms with E-state index in [4.69, 9.17) is 70.1 Å². The van der Waals surface area contributed by atoms with Gasteiger partial charge in [-0.2, -0.15) is 0 Å². The molecule has 44 heavy (non-hydrogen) atoms. The van der Waals surface area contributed by atoms with Gasteiger partial charge in [-0.3, -0.25) is 0 Å². The summed E-state index contributed by atoms with van der Waals surface area (Å²) >= 11 is 5.86. The molecule has 7 aromatic rings. The zero-order valence-electron chi connectivity index (χ0n) is 22.4. The van der Waals surface area contributed by atoms with Crippen molar-refractivity contribution in [2.75, 3.05) is 0 Å². The summed E-state index contributed by atoms with van der Waals surface area (Å²) in [5.41, 5.74) is 5.45. The second-order valence-corrected chi connectivity index (χ2v) is 12.9. The van der Waals surface area contributed by atoms with Crippen LogP contribution in [-0.4, -0.2) is 29.9 Å². The summed E-state index contributed by atoms with van der Waals surface area (Å²) < 4.78 is 0. The molecule has 2 aliphatic rings. The van der Waals surface area contributed by atoms with E-state index in [1.54, 1.807) is 0 Å². The number of rotatable bonds is 0. The molecular weight excluding hydrogens is 651 g/mol. The molecule has 0 saturated heterocycles. The van der Waals surface area contributed by atoms with Crippen molar-refractivity contribution in [3.05, 3.63) is 96.0 Å². The molecule has 8 bridgehead atoms. The Hall–Kier alpha value is -4.18. The van der Waals surface area contributed by atoms with Crippen molar-refractivity contribution in [2.24, 2.45) is 0 Å². The van der Waals surface area contributed by atoms with Gasteiger partial charge in [-0.05, 0) is 33.7 Å². The fourth-order valence-electron chi connectivity index (χ4n) is 5.48. The van der Waals surface area contributed by atoms with E-state index in [1.165, 1.54) is 0 Å². The Morgan fingerprint density at radius 1 is 0.432 bits per heavy atom. The van der Waals surface area contributed by atoms with Crippen LogP contribution in [-0.2, 0) is 17.0 Å². The van der Waals surface area contributed by atoms with Gasteiger partial charge < -0.3 is 29.9 Å². The van der Waals surface area contributed by atoms with Crippen molar-refractivity contribution < 1.29 is 17.0 Å². The van der Waals surface area contributed by atoms with Gasteiger partial charge in [-0.1, -0.05) is 90.5 Å². The first-order chi connectivity index (χ1) is 21.6. The van der Waals surface area contributed by atoms with Gasteiger partial charge >= 0.3 is 35.6 Å². The van der Waals surface area contributed by atoms with Crippen LogP contribution in [0.25, 0.3) is 89.7 Å². The molecule has 0 fully saturated rings. The van der Waals surface area contributed by atoms with Gasteiger partial charge in [-0.25, -0.2) is 9.97 Å². The summed E-state index contributed by atoms with van der Waals surface area (Å²) in [6.07, 6.45) is 0. The predicted molar refractivity (Wildman–Crippen MR) is 171 cm³/mol. The van der Waals surface area contributed by atoms with Crippen LogP contribution in [0.3, 0.4) is 0 Å². The molecule has 0 N–H and O–H groups in total. The Balaban J connectivity index is 0.000000928. The fourth-order valence-corrected chi connectivity index (χ4v) is 5.65. The third kappa shape index (κ3) is 4.58. The molecule has 0 aliphatic carbocycles. The van der Waals surface area contributed by atoms with Crippen molar-refractivity contribution >= 4 is 74.3 Å². The number of hydrogen-bond acceptors (Lipinski definition) is 6. The molecule has 2 aliphatic heterocycles. The van der Waals surface area contributed by atoms with Crippen LogP contribution in [0, 0.1) is 0 Å². The van der Waals surface area contributed by atoms with Crippen molar-refractivity contribution in [2.45, 2.75) is 0 Å². The van der Waals surface area contributed by atoms with Gasteiger partial charge in [0.2, 0.25) is 0 Å². The maximum atomic E-state index is 6.42. The van der Waals surface area contributed by atoms with Gasteiger partial charge in [0.05, 0.1) is 23.3 Å². The zero-order valence-corrected chi connectivity index (χ0v) is 26.2. The maximum absolute atomic E-state index is 6.42. The van der Waals surface area contributed by atoms with E-state index in [0.717, 1.165) is 43.8 Å². The minimum absolute atomic E-state index is 0.475. The first-order valence-corrected chi connectivity index (χ1v) is 18.0. The third-order valence-corrected chi connectivity index (χ3v) is 7.62. The second-order valence-electron chi connectivity index (χ2n) is 9.88. The van der Waals surface area contributed by atoms with E-state index in [9.17, 15) is 0 Å². The molecule has 0 saturated carbocycles. The Bertz CT molecular complexity index is 2430. The molecule has 0 unspecified atom stereocenters. The van der Waals surface area contributed by atoms with Gasteiger partial charge in [0.1, 0.15) is 0 Å². The molecule has 9 rings (SSSR count). The average molecular weight is 666 g/mol. The zero-order chi connectivity index (χ0) is 29.8. The summed E-state index contributed by atoms with van der Waals surface area (Å²) in [7, 11) is 9.78. The SMILES string of the molecule is Clc1ccc2c(c1)-c1nc-2nc2[n-]c(nc3nc(nc4[n-]c(n1)c1ccccc41)-c1ccccc1-3)c1ccccc21.[Cl][Ti][Cl]. The first-order valence-electron chi connectivity index (χ1n) is 13.4. The molecule has 8 nitrogen and oxygen atoms in total. The fraction of sp³-hybridized carbons (Fsp3) is 0.